The number of nitrogens with one attached hydrogen (secondary N) is 1. The average molecular weight is 291 g/mol. The van der Waals surface area contributed by atoms with E-state index in [1.165, 1.54) is 6.42 Å². The van der Waals surface area contributed by atoms with E-state index in [4.69, 9.17) is 5.84 Å². The predicted octanol–water partition coefficient (Wildman–Crippen LogP) is 2.66. The lowest BCUT2D eigenvalue weighted by Crippen LogP contribution is -2.10. The van der Waals surface area contributed by atoms with E-state index in [-0.39, 0.29) is 0 Å². The molecule has 1 aromatic rings. The summed E-state index contributed by atoms with van der Waals surface area (Å²) >= 11 is 5.13. The summed E-state index contributed by atoms with van der Waals surface area (Å²) in [4.78, 5) is 8.26. The summed E-state index contributed by atoms with van der Waals surface area (Å²) in [7, 11) is 0. The van der Waals surface area contributed by atoms with E-state index in [0.717, 1.165) is 15.3 Å². The van der Waals surface area contributed by atoms with E-state index in [1.807, 2.05) is 0 Å². The molecule has 0 spiro atoms. The van der Waals surface area contributed by atoms with E-state index >= 15 is 0 Å². The highest BCUT2D eigenvalue weighted by Gasteiger charge is 2.07. The van der Waals surface area contributed by atoms with Gasteiger partial charge in [-0.3, -0.25) is 5.43 Å². The molecule has 1 rings (SSSR count). The van der Waals surface area contributed by atoms with Gasteiger partial charge in [-0.25, -0.2) is 15.8 Å². The first-order valence-electron chi connectivity index (χ1n) is 4.79. The molecule has 0 amide bonds. The zero-order valence-electron chi connectivity index (χ0n) is 8.83. The molecule has 1 unspecified atom stereocenters. The van der Waals surface area contributed by atoms with Gasteiger partial charge in [0.2, 0.25) is 5.95 Å². The molecule has 0 saturated heterocycles. The van der Waals surface area contributed by atoms with E-state index in [1.54, 1.807) is 18.0 Å². The maximum atomic E-state index is 5.25. The first-order chi connectivity index (χ1) is 7.17. The summed E-state index contributed by atoms with van der Waals surface area (Å²) < 4.78 is 0.912. The molecule has 0 bridgehead atoms. The zero-order valence-corrected chi connectivity index (χ0v) is 11.2. The van der Waals surface area contributed by atoms with Crippen molar-refractivity contribution in [3.63, 3.8) is 0 Å². The van der Waals surface area contributed by atoms with Gasteiger partial charge >= 0.3 is 0 Å². The van der Waals surface area contributed by atoms with Crippen LogP contribution in [0.5, 0.6) is 0 Å². The number of nitrogens with two attached hydrogens (primary N) is 1. The Labute approximate surface area is 103 Å². The Balaban J connectivity index is 2.66. The molecule has 1 heterocycles. The molecule has 4 nitrogen and oxygen atoms in total. The third-order valence-corrected chi connectivity index (χ3v) is 4.21. The lowest BCUT2D eigenvalue weighted by Gasteiger charge is -2.08. The van der Waals surface area contributed by atoms with Gasteiger partial charge in [0.25, 0.3) is 0 Å². The van der Waals surface area contributed by atoms with Crippen LogP contribution in [0.4, 0.5) is 5.95 Å². The molecule has 15 heavy (non-hydrogen) atoms. The van der Waals surface area contributed by atoms with Crippen LogP contribution in [0, 0.1) is 5.92 Å². The highest BCUT2D eigenvalue weighted by molar-refractivity contribution is 9.10. The van der Waals surface area contributed by atoms with Crippen molar-refractivity contribution in [2.75, 3.05) is 11.2 Å². The Bertz CT molecular complexity index is 321. The van der Waals surface area contributed by atoms with Crippen LogP contribution in [0.3, 0.4) is 0 Å². The van der Waals surface area contributed by atoms with Gasteiger partial charge in [-0.05, 0) is 21.8 Å². The van der Waals surface area contributed by atoms with Gasteiger partial charge in [0.05, 0.1) is 4.47 Å². The number of rotatable bonds is 5. The van der Waals surface area contributed by atoms with E-state index < -0.39 is 0 Å². The molecule has 3 N–H and O–H groups in total. The fourth-order valence-electron chi connectivity index (χ4n) is 0.861. The molecule has 1 aromatic heterocycles. The number of aromatic nitrogens is 2. The number of hydrazine groups is 1. The zero-order chi connectivity index (χ0) is 11.3. The minimum atomic E-state index is 0.449. The maximum Gasteiger partial charge on any atom is 0.238 e. The SMILES string of the molecule is CCC(C)CSc1nc(NN)ncc1Br. The predicted molar refractivity (Wildman–Crippen MR) is 67.7 cm³/mol. The van der Waals surface area contributed by atoms with Crippen molar-refractivity contribution in [1.29, 1.82) is 0 Å². The molecular formula is C9H15BrN4S. The first-order valence-corrected chi connectivity index (χ1v) is 6.57. The van der Waals surface area contributed by atoms with E-state index in [0.29, 0.717) is 11.9 Å². The fraction of sp³-hybridized carbons (Fsp3) is 0.556. The third kappa shape index (κ3) is 3.96. The van der Waals surface area contributed by atoms with Crippen molar-refractivity contribution in [2.45, 2.75) is 25.3 Å². The molecular weight excluding hydrogens is 276 g/mol. The maximum absolute atomic E-state index is 5.25. The average Bonchev–Trinajstić information content (AvgIpc) is 2.27. The lowest BCUT2D eigenvalue weighted by molar-refractivity contribution is 0.636. The largest absolute Gasteiger partial charge is 0.292 e. The van der Waals surface area contributed by atoms with Crippen LogP contribution in [0.15, 0.2) is 15.7 Å². The summed E-state index contributed by atoms with van der Waals surface area (Å²) in [5, 5.41) is 0.929. The topological polar surface area (TPSA) is 63.8 Å². The number of halogens is 1. The number of anilines is 1. The monoisotopic (exact) mass is 290 g/mol. The Morgan fingerprint density at radius 2 is 2.40 bits per heavy atom. The number of thioether (sulfide) groups is 1. The lowest BCUT2D eigenvalue weighted by atomic mass is 10.2. The summed E-state index contributed by atoms with van der Waals surface area (Å²) in [6.45, 7) is 4.41. The van der Waals surface area contributed by atoms with Crippen molar-refractivity contribution in [1.82, 2.24) is 9.97 Å². The van der Waals surface area contributed by atoms with Crippen LogP contribution < -0.4 is 11.3 Å². The van der Waals surface area contributed by atoms with Crippen molar-refractivity contribution in [3.05, 3.63) is 10.7 Å². The smallest absolute Gasteiger partial charge is 0.238 e. The normalized spacial score (nSPS) is 12.5. The minimum absolute atomic E-state index is 0.449. The van der Waals surface area contributed by atoms with Crippen LogP contribution in [0.2, 0.25) is 0 Å². The minimum Gasteiger partial charge on any atom is -0.292 e. The number of nitrogens with zero attached hydrogens (tertiary/aromatic N) is 2. The standard InChI is InChI=1S/C9H15BrN4S/c1-3-6(2)5-15-8-7(10)4-12-9(13-8)14-11/h4,6H,3,5,11H2,1-2H3,(H,12,13,14). The van der Waals surface area contributed by atoms with Gasteiger partial charge in [-0.15, -0.1) is 11.8 Å². The van der Waals surface area contributed by atoms with Crippen LogP contribution >= 0.6 is 27.7 Å². The number of hydrogen-bond acceptors (Lipinski definition) is 5. The Hall–Kier alpha value is -0.330. The van der Waals surface area contributed by atoms with Crippen LogP contribution in [0.25, 0.3) is 0 Å². The van der Waals surface area contributed by atoms with Gasteiger partial charge in [-0.2, -0.15) is 0 Å². The van der Waals surface area contributed by atoms with Crippen molar-refractivity contribution < 1.29 is 0 Å². The van der Waals surface area contributed by atoms with Gasteiger partial charge in [0, 0.05) is 11.9 Å². The van der Waals surface area contributed by atoms with Crippen molar-refractivity contribution >= 4 is 33.6 Å². The number of nitrogen functional groups attached to an aromatic ring is 1. The summed E-state index contributed by atoms with van der Waals surface area (Å²) in [6, 6.07) is 0. The Kier molecular flexibility index (Phi) is 5.35. The summed E-state index contributed by atoms with van der Waals surface area (Å²) in [6.07, 6.45) is 2.89. The van der Waals surface area contributed by atoms with Gasteiger partial charge < -0.3 is 0 Å². The quantitative estimate of drug-likeness (QED) is 0.378. The first kappa shape index (κ1) is 12.7. The van der Waals surface area contributed by atoms with Gasteiger partial charge in [0.15, 0.2) is 0 Å². The van der Waals surface area contributed by atoms with Crippen LogP contribution in [-0.2, 0) is 0 Å². The van der Waals surface area contributed by atoms with Crippen LogP contribution in [-0.4, -0.2) is 15.7 Å². The summed E-state index contributed by atoms with van der Waals surface area (Å²) in [5.41, 5.74) is 2.44. The Morgan fingerprint density at radius 3 is 3.00 bits per heavy atom. The molecule has 0 aromatic carbocycles. The fourth-order valence-corrected chi connectivity index (χ4v) is 2.42. The molecule has 6 heteroatoms. The molecule has 84 valence electrons. The second kappa shape index (κ2) is 6.30. The molecule has 0 aliphatic carbocycles. The molecule has 0 aliphatic heterocycles. The molecule has 0 saturated carbocycles. The third-order valence-electron chi connectivity index (χ3n) is 2.04. The Morgan fingerprint density at radius 1 is 1.67 bits per heavy atom. The van der Waals surface area contributed by atoms with Crippen molar-refractivity contribution in [2.24, 2.45) is 11.8 Å². The molecule has 0 aliphatic rings. The van der Waals surface area contributed by atoms with E-state index in [2.05, 4.69) is 45.2 Å². The van der Waals surface area contributed by atoms with Crippen molar-refractivity contribution in [3.8, 4) is 0 Å². The van der Waals surface area contributed by atoms with E-state index in [9.17, 15) is 0 Å². The summed E-state index contributed by atoms with van der Waals surface area (Å²) in [5.74, 6) is 7.44. The molecule has 0 radical (unpaired) electrons. The second-order valence-electron chi connectivity index (χ2n) is 3.32. The van der Waals surface area contributed by atoms with Gasteiger partial charge in [-0.1, -0.05) is 20.3 Å². The number of hydrogen-bond donors (Lipinski definition) is 2. The highest BCUT2D eigenvalue weighted by atomic mass is 79.9. The molecule has 0 fully saturated rings. The van der Waals surface area contributed by atoms with Crippen LogP contribution in [0.1, 0.15) is 20.3 Å². The highest BCUT2D eigenvalue weighted by Crippen LogP contribution is 2.27. The van der Waals surface area contributed by atoms with Gasteiger partial charge in [0.1, 0.15) is 5.03 Å². The molecule has 1 atom stereocenters. The second-order valence-corrected chi connectivity index (χ2v) is 5.18.